The Labute approximate surface area is 617 Å². The molecular weight excluding hydrogens is 1330 g/mol. The van der Waals surface area contributed by atoms with Crippen molar-refractivity contribution in [3.63, 3.8) is 0 Å². The highest BCUT2D eigenvalue weighted by atomic mass is 31.2. The third-order valence-electron chi connectivity index (χ3n) is 15.7. The maximum Gasteiger partial charge on any atom is 0.472 e. The van der Waals surface area contributed by atoms with Gasteiger partial charge in [-0.2, -0.15) is 0 Å². The maximum atomic E-state index is 13.1. The number of hydrogen-bond acceptors (Lipinski definition) is 15. The van der Waals surface area contributed by atoms with Gasteiger partial charge in [0.15, 0.2) is 12.2 Å². The van der Waals surface area contributed by atoms with Crippen molar-refractivity contribution < 1.29 is 80.2 Å². The van der Waals surface area contributed by atoms with Crippen molar-refractivity contribution in [1.82, 2.24) is 0 Å². The zero-order valence-electron chi connectivity index (χ0n) is 63.5. The topological polar surface area (TPSA) is 237 Å². The van der Waals surface area contributed by atoms with Gasteiger partial charge in [0.25, 0.3) is 0 Å². The van der Waals surface area contributed by atoms with E-state index in [-0.39, 0.29) is 25.7 Å². The van der Waals surface area contributed by atoms with Crippen LogP contribution < -0.4 is 0 Å². The first-order chi connectivity index (χ1) is 49.7. The Morgan fingerprint density at radius 2 is 0.529 bits per heavy atom. The highest BCUT2D eigenvalue weighted by Gasteiger charge is 2.30. The molecule has 0 saturated heterocycles. The Bertz CT molecular complexity index is 2510. The van der Waals surface area contributed by atoms with Crippen LogP contribution in [0.1, 0.15) is 297 Å². The number of carbonyl (C=O) groups is 4. The fraction of sp³-hybridized carbons (Fsp3) is 0.663. The number of carbonyl (C=O) groups excluding carboxylic acids is 4. The summed E-state index contributed by atoms with van der Waals surface area (Å²) in [5.74, 6) is -2.26. The molecule has 0 aliphatic rings. The summed E-state index contributed by atoms with van der Waals surface area (Å²) in [6.45, 7) is 4.45. The van der Waals surface area contributed by atoms with E-state index in [1.807, 2.05) is 0 Å². The van der Waals surface area contributed by atoms with Gasteiger partial charge in [-0.15, -0.1) is 0 Å². The summed E-state index contributed by atoms with van der Waals surface area (Å²) in [5.41, 5.74) is 0. The standard InChI is InChI=1S/C83H138O17P2/c1-5-9-13-17-21-25-29-32-34-36-38-40-42-45-48-51-55-59-63-67-80(85)93-73-78(99-82(87)69-65-61-57-53-47-28-24-20-16-12-8-4)75-97-101(89,90)95-71-77(84)72-96-102(91,92)98-76-79(100-83(88)70-66-62-58-54-50-44-31-27-23-19-15-11-7-3)74-94-81(86)68-64-60-56-52-49-46-43-41-39-37-35-33-30-26-22-18-14-10-6-2/h9-10,13-15,19-22,24-27,31-35,38-41,46,49,77-79,84H,5-8,11-12,16-18,23,28-30,36-37,42-45,47-48,50-76H2,1-4H3,(H,89,90)(H,91,92)/b13-9-,14-10-,19-15-,24-20-,25-21-,26-22-,31-27-,34-32-,35-33-,40-38-,41-39-,49-46-. The van der Waals surface area contributed by atoms with E-state index in [1.165, 1.54) is 12.8 Å². The van der Waals surface area contributed by atoms with Crippen LogP contribution in [0, 0.1) is 0 Å². The van der Waals surface area contributed by atoms with E-state index < -0.39 is 97.5 Å². The van der Waals surface area contributed by atoms with E-state index in [0.29, 0.717) is 25.7 Å². The highest BCUT2D eigenvalue weighted by molar-refractivity contribution is 7.47. The van der Waals surface area contributed by atoms with Crippen LogP contribution in [-0.4, -0.2) is 96.7 Å². The van der Waals surface area contributed by atoms with Crippen LogP contribution in [0.2, 0.25) is 0 Å². The van der Waals surface area contributed by atoms with Gasteiger partial charge >= 0.3 is 39.5 Å². The van der Waals surface area contributed by atoms with Crippen LogP contribution in [0.15, 0.2) is 146 Å². The molecular formula is C83H138O17P2. The lowest BCUT2D eigenvalue weighted by Crippen LogP contribution is -2.30. The lowest BCUT2D eigenvalue weighted by molar-refractivity contribution is -0.161. The molecule has 0 aliphatic carbocycles. The van der Waals surface area contributed by atoms with E-state index in [9.17, 15) is 43.2 Å². The molecule has 0 heterocycles. The monoisotopic (exact) mass is 1470 g/mol. The van der Waals surface area contributed by atoms with Gasteiger partial charge in [0.2, 0.25) is 0 Å². The second-order valence-corrected chi connectivity index (χ2v) is 28.4. The largest absolute Gasteiger partial charge is 0.472 e. The molecule has 0 saturated carbocycles. The summed E-state index contributed by atoms with van der Waals surface area (Å²) in [4.78, 5) is 72.9. The third-order valence-corrected chi connectivity index (χ3v) is 17.7. The number of hydrogen-bond donors (Lipinski definition) is 3. The smallest absolute Gasteiger partial charge is 0.462 e. The zero-order chi connectivity index (χ0) is 74.6. The van der Waals surface area contributed by atoms with Crippen LogP contribution in [0.5, 0.6) is 0 Å². The minimum absolute atomic E-state index is 0.0669. The number of aliphatic hydroxyl groups excluding tert-OH is 1. The summed E-state index contributed by atoms with van der Waals surface area (Å²) >= 11 is 0. The predicted octanol–water partition coefficient (Wildman–Crippen LogP) is 22.7. The summed E-state index contributed by atoms with van der Waals surface area (Å²) in [6, 6.07) is 0. The zero-order valence-corrected chi connectivity index (χ0v) is 65.3. The number of aliphatic hydroxyl groups is 1. The maximum absolute atomic E-state index is 13.1. The highest BCUT2D eigenvalue weighted by Crippen LogP contribution is 2.45. The minimum Gasteiger partial charge on any atom is -0.462 e. The van der Waals surface area contributed by atoms with E-state index in [1.54, 1.807) is 0 Å². The lowest BCUT2D eigenvalue weighted by atomic mass is 10.1. The van der Waals surface area contributed by atoms with E-state index in [0.717, 1.165) is 205 Å². The second-order valence-electron chi connectivity index (χ2n) is 25.5. The molecule has 0 bridgehead atoms. The van der Waals surface area contributed by atoms with Crippen molar-refractivity contribution in [3.8, 4) is 0 Å². The van der Waals surface area contributed by atoms with Crippen molar-refractivity contribution in [2.75, 3.05) is 39.6 Å². The number of phosphoric ester groups is 2. The van der Waals surface area contributed by atoms with Crippen LogP contribution in [0.3, 0.4) is 0 Å². The van der Waals surface area contributed by atoms with E-state index in [2.05, 4.69) is 174 Å². The van der Waals surface area contributed by atoms with E-state index in [4.69, 9.17) is 37.0 Å². The molecule has 5 unspecified atom stereocenters. The molecule has 0 aromatic rings. The number of unbranched alkanes of at least 4 members (excludes halogenated alkanes) is 22. The van der Waals surface area contributed by atoms with Crippen LogP contribution >= 0.6 is 15.6 Å². The number of rotatable bonds is 72. The molecule has 0 radical (unpaired) electrons. The molecule has 19 heteroatoms. The van der Waals surface area contributed by atoms with Gasteiger partial charge in [0.1, 0.15) is 19.3 Å². The summed E-state index contributed by atoms with van der Waals surface area (Å²) in [7, 11) is -9.98. The van der Waals surface area contributed by atoms with Crippen LogP contribution in [0.25, 0.3) is 0 Å². The second kappa shape index (κ2) is 74.2. The van der Waals surface area contributed by atoms with E-state index >= 15 is 0 Å². The molecule has 0 fully saturated rings. The Kier molecular flexibility index (Phi) is 70.5. The van der Waals surface area contributed by atoms with Gasteiger partial charge in [0.05, 0.1) is 26.4 Å². The Hall–Kier alpha value is -5.06. The fourth-order valence-corrected chi connectivity index (χ4v) is 11.4. The summed E-state index contributed by atoms with van der Waals surface area (Å²) in [6.07, 6.45) is 84.1. The Balaban J connectivity index is 5.35. The Morgan fingerprint density at radius 3 is 0.843 bits per heavy atom. The average molecular weight is 1470 g/mol. The molecule has 0 aromatic carbocycles. The third kappa shape index (κ3) is 73.3. The normalized spacial score (nSPS) is 14.7. The van der Waals surface area contributed by atoms with Crippen molar-refractivity contribution in [2.45, 2.75) is 316 Å². The molecule has 17 nitrogen and oxygen atoms in total. The molecule has 0 rings (SSSR count). The molecule has 5 atom stereocenters. The van der Waals surface area contributed by atoms with Gasteiger partial charge < -0.3 is 33.8 Å². The van der Waals surface area contributed by atoms with Gasteiger partial charge in [-0.25, -0.2) is 9.13 Å². The predicted molar refractivity (Wildman–Crippen MR) is 417 cm³/mol. The SMILES string of the molecule is CC/C=C\C/C=C\C/C=C\C/C=C\C/C=C\CCCCCC(=O)OCC(COP(=O)(O)OCC(O)COP(=O)(O)OCC(COC(=O)CCCCCCCC/C=C\C/C=C\C/C=C\C/C=C\CC)OC(=O)CCCCCCC/C=C\CCCC)OC(=O)CCCCCCC/C=C\C/C=C\CCC. The van der Waals surface area contributed by atoms with Gasteiger partial charge in [-0.3, -0.25) is 37.3 Å². The minimum atomic E-state index is -4.99. The fourth-order valence-electron chi connectivity index (χ4n) is 9.84. The average Bonchev–Trinajstić information content (AvgIpc) is 0.907. The number of ether oxygens (including phenoxy) is 4. The van der Waals surface area contributed by atoms with Crippen molar-refractivity contribution in [2.24, 2.45) is 0 Å². The lowest BCUT2D eigenvalue weighted by Gasteiger charge is -2.21. The summed E-state index contributed by atoms with van der Waals surface area (Å²) < 4.78 is 68.4. The molecule has 0 aliphatic heterocycles. The number of esters is 4. The van der Waals surface area contributed by atoms with Crippen molar-refractivity contribution in [3.05, 3.63) is 146 Å². The molecule has 0 amide bonds. The van der Waals surface area contributed by atoms with Crippen LogP contribution in [0.4, 0.5) is 0 Å². The van der Waals surface area contributed by atoms with Crippen molar-refractivity contribution >= 4 is 39.5 Å². The number of allylic oxidation sites excluding steroid dienone is 24. The molecule has 0 aromatic heterocycles. The van der Waals surface area contributed by atoms with Crippen LogP contribution in [-0.2, 0) is 65.4 Å². The van der Waals surface area contributed by atoms with Gasteiger partial charge in [0, 0.05) is 25.7 Å². The Morgan fingerprint density at radius 1 is 0.284 bits per heavy atom. The molecule has 582 valence electrons. The van der Waals surface area contributed by atoms with Crippen molar-refractivity contribution in [1.29, 1.82) is 0 Å². The number of phosphoric acid groups is 2. The summed E-state index contributed by atoms with van der Waals surface area (Å²) in [5, 5.41) is 10.6. The molecule has 0 spiro atoms. The first-order valence-electron chi connectivity index (χ1n) is 39.1. The first-order valence-corrected chi connectivity index (χ1v) is 42.1. The van der Waals surface area contributed by atoms with Gasteiger partial charge in [-0.1, -0.05) is 263 Å². The molecule has 3 N–H and O–H groups in total. The quantitative estimate of drug-likeness (QED) is 0.0169. The first kappa shape index (κ1) is 96.9. The molecule has 102 heavy (non-hydrogen) atoms. The van der Waals surface area contributed by atoms with Gasteiger partial charge in [-0.05, 0) is 154 Å².